The third kappa shape index (κ3) is 3.83. The highest BCUT2D eigenvalue weighted by molar-refractivity contribution is 7.99. The monoisotopic (exact) mass is 280 g/mol. The maximum absolute atomic E-state index is 4.69. The lowest BCUT2D eigenvalue weighted by atomic mass is 10.2. The number of aromatic nitrogens is 2. The number of aryl methyl sites for hydroxylation is 1. The van der Waals surface area contributed by atoms with Crippen molar-refractivity contribution in [2.45, 2.75) is 39.8 Å². The Morgan fingerprint density at radius 2 is 2.37 bits per heavy atom. The van der Waals surface area contributed by atoms with E-state index in [1.54, 1.807) is 0 Å². The number of thioether (sulfide) groups is 1. The fourth-order valence-corrected chi connectivity index (χ4v) is 3.23. The predicted molar refractivity (Wildman–Crippen MR) is 82.9 cm³/mol. The third-order valence-electron chi connectivity index (χ3n) is 3.44. The second-order valence-corrected chi connectivity index (χ2v) is 6.22. The van der Waals surface area contributed by atoms with E-state index in [1.165, 1.54) is 17.1 Å². The first-order chi connectivity index (χ1) is 9.22. The van der Waals surface area contributed by atoms with Gasteiger partial charge in [-0.15, -0.1) is 0 Å². The molecule has 4 nitrogen and oxygen atoms in total. The fourth-order valence-electron chi connectivity index (χ4n) is 2.22. The lowest BCUT2D eigenvalue weighted by Crippen LogP contribution is -2.41. The number of nitrogens with zero attached hydrogens (tertiary/aromatic N) is 3. The smallest absolute Gasteiger partial charge is 0.225 e. The molecule has 5 heteroatoms. The van der Waals surface area contributed by atoms with Crippen molar-refractivity contribution < 1.29 is 0 Å². The summed E-state index contributed by atoms with van der Waals surface area (Å²) in [5, 5.41) is 3.40. The standard InChI is InChI=1S/C14H24N4S/c1-4-5-15-8-13-9-16-14(17-12(13)3)18-6-7-19-10-11(18)2/h9,11,15H,4-8,10H2,1-3H3. The number of rotatable bonds is 5. The van der Waals surface area contributed by atoms with E-state index >= 15 is 0 Å². The Labute approximate surface area is 120 Å². The van der Waals surface area contributed by atoms with E-state index < -0.39 is 0 Å². The molecule has 2 rings (SSSR count). The van der Waals surface area contributed by atoms with Crippen LogP contribution < -0.4 is 10.2 Å². The van der Waals surface area contributed by atoms with Crippen molar-refractivity contribution >= 4 is 17.7 Å². The first-order valence-electron chi connectivity index (χ1n) is 7.10. The largest absolute Gasteiger partial charge is 0.336 e. The summed E-state index contributed by atoms with van der Waals surface area (Å²) in [5.74, 6) is 3.24. The molecule has 0 aliphatic carbocycles. The van der Waals surface area contributed by atoms with Gasteiger partial charge in [0, 0.05) is 48.1 Å². The molecule has 0 radical (unpaired) electrons. The normalized spacial score (nSPS) is 19.7. The Bertz CT molecular complexity index is 410. The minimum atomic E-state index is 0.530. The minimum absolute atomic E-state index is 0.530. The van der Waals surface area contributed by atoms with Gasteiger partial charge in [-0.25, -0.2) is 9.97 Å². The summed E-state index contributed by atoms with van der Waals surface area (Å²) in [6.07, 6.45) is 3.13. The van der Waals surface area contributed by atoms with Crippen molar-refractivity contribution in [2.24, 2.45) is 0 Å². The van der Waals surface area contributed by atoms with Gasteiger partial charge in [-0.2, -0.15) is 11.8 Å². The maximum Gasteiger partial charge on any atom is 0.225 e. The molecule has 19 heavy (non-hydrogen) atoms. The lowest BCUT2D eigenvalue weighted by Gasteiger charge is -2.33. The number of nitrogens with one attached hydrogen (secondary N) is 1. The van der Waals surface area contributed by atoms with Crippen LogP contribution in [0.3, 0.4) is 0 Å². The molecule has 0 amide bonds. The van der Waals surface area contributed by atoms with Crippen molar-refractivity contribution in [3.05, 3.63) is 17.5 Å². The summed E-state index contributed by atoms with van der Waals surface area (Å²) in [6, 6.07) is 0.530. The molecule has 2 heterocycles. The van der Waals surface area contributed by atoms with Crippen molar-refractivity contribution in [3.8, 4) is 0 Å². The Morgan fingerprint density at radius 1 is 1.53 bits per heavy atom. The molecule has 1 fully saturated rings. The van der Waals surface area contributed by atoms with Crippen LogP contribution in [-0.2, 0) is 6.54 Å². The van der Waals surface area contributed by atoms with E-state index in [4.69, 9.17) is 4.98 Å². The first-order valence-corrected chi connectivity index (χ1v) is 8.25. The molecule has 106 valence electrons. The molecule has 0 bridgehead atoms. The zero-order chi connectivity index (χ0) is 13.7. The topological polar surface area (TPSA) is 41.1 Å². The predicted octanol–water partition coefficient (Wildman–Crippen LogP) is 2.23. The molecule has 0 saturated carbocycles. The van der Waals surface area contributed by atoms with Gasteiger partial charge in [0.15, 0.2) is 0 Å². The van der Waals surface area contributed by atoms with Gasteiger partial charge in [0.05, 0.1) is 0 Å². The first kappa shape index (κ1) is 14.6. The molecule has 1 unspecified atom stereocenters. The molecule has 1 atom stereocenters. The lowest BCUT2D eigenvalue weighted by molar-refractivity contribution is 0.656. The van der Waals surface area contributed by atoms with Gasteiger partial charge in [0.2, 0.25) is 5.95 Å². The van der Waals surface area contributed by atoms with E-state index in [0.29, 0.717) is 6.04 Å². The molecule has 1 aromatic rings. The second kappa shape index (κ2) is 7.10. The van der Waals surface area contributed by atoms with Gasteiger partial charge in [-0.05, 0) is 26.8 Å². The van der Waals surface area contributed by atoms with Gasteiger partial charge < -0.3 is 10.2 Å². The van der Waals surface area contributed by atoms with Gasteiger partial charge in [0.1, 0.15) is 0 Å². The summed E-state index contributed by atoms with van der Waals surface area (Å²) in [5.41, 5.74) is 2.30. The van der Waals surface area contributed by atoms with Crippen LogP contribution in [0.25, 0.3) is 0 Å². The van der Waals surface area contributed by atoms with Crippen LogP contribution in [-0.4, -0.2) is 40.6 Å². The summed E-state index contributed by atoms with van der Waals surface area (Å²) in [4.78, 5) is 11.6. The molecule has 0 spiro atoms. The highest BCUT2D eigenvalue weighted by Gasteiger charge is 2.21. The van der Waals surface area contributed by atoms with Gasteiger partial charge in [-0.3, -0.25) is 0 Å². The van der Waals surface area contributed by atoms with Crippen molar-refractivity contribution in [1.29, 1.82) is 0 Å². The van der Waals surface area contributed by atoms with Gasteiger partial charge in [0.25, 0.3) is 0 Å². The number of hydrogen-bond acceptors (Lipinski definition) is 5. The highest BCUT2D eigenvalue weighted by atomic mass is 32.2. The summed E-state index contributed by atoms with van der Waals surface area (Å²) in [7, 11) is 0. The van der Waals surface area contributed by atoms with Crippen LogP contribution in [0.4, 0.5) is 5.95 Å². The highest BCUT2D eigenvalue weighted by Crippen LogP contribution is 2.21. The van der Waals surface area contributed by atoms with E-state index in [-0.39, 0.29) is 0 Å². The molecule has 1 aromatic heterocycles. The molecular formula is C14H24N4S. The summed E-state index contributed by atoms with van der Waals surface area (Å²) < 4.78 is 0. The Balaban J connectivity index is 2.05. The summed E-state index contributed by atoms with van der Waals surface area (Å²) >= 11 is 2.02. The minimum Gasteiger partial charge on any atom is -0.336 e. The van der Waals surface area contributed by atoms with Crippen molar-refractivity contribution in [3.63, 3.8) is 0 Å². The van der Waals surface area contributed by atoms with E-state index in [0.717, 1.165) is 37.7 Å². The quantitative estimate of drug-likeness (QED) is 0.838. The van der Waals surface area contributed by atoms with E-state index in [9.17, 15) is 0 Å². The summed E-state index contributed by atoms with van der Waals surface area (Å²) in [6.45, 7) is 9.47. The molecule has 1 aliphatic rings. The maximum atomic E-state index is 4.69. The average Bonchev–Trinajstić information content (AvgIpc) is 2.41. The SMILES string of the molecule is CCCNCc1cnc(N2CCSCC2C)nc1C. The van der Waals surface area contributed by atoms with Gasteiger partial charge in [-0.1, -0.05) is 6.92 Å². The molecule has 1 aliphatic heterocycles. The average molecular weight is 280 g/mol. The molecule has 0 aromatic carbocycles. The van der Waals surface area contributed by atoms with Crippen LogP contribution in [0, 0.1) is 6.92 Å². The van der Waals surface area contributed by atoms with E-state index in [2.05, 4.69) is 36.0 Å². The molecular weight excluding hydrogens is 256 g/mol. The Morgan fingerprint density at radius 3 is 3.05 bits per heavy atom. The second-order valence-electron chi connectivity index (χ2n) is 5.07. The van der Waals surface area contributed by atoms with Crippen LogP contribution in [0.5, 0.6) is 0 Å². The zero-order valence-corrected chi connectivity index (χ0v) is 13.0. The molecule has 1 saturated heterocycles. The van der Waals surface area contributed by atoms with Crippen LogP contribution in [0.1, 0.15) is 31.5 Å². The third-order valence-corrected chi connectivity index (χ3v) is 4.62. The number of anilines is 1. The van der Waals surface area contributed by atoms with Crippen LogP contribution >= 0.6 is 11.8 Å². The molecule has 1 N–H and O–H groups in total. The Kier molecular flexibility index (Phi) is 5.45. The van der Waals surface area contributed by atoms with Gasteiger partial charge >= 0.3 is 0 Å². The van der Waals surface area contributed by atoms with Crippen LogP contribution in [0.15, 0.2) is 6.20 Å². The van der Waals surface area contributed by atoms with Crippen molar-refractivity contribution in [2.75, 3.05) is 29.5 Å². The Hall–Kier alpha value is -0.810. The van der Waals surface area contributed by atoms with E-state index in [1.807, 2.05) is 18.0 Å². The zero-order valence-electron chi connectivity index (χ0n) is 12.1. The van der Waals surface area contributed by atoms with Crippen LogP contribution in [0.2, 0.25) is 0 Å². The van der Waals surface area contributed by atoms with Crippen molar-refractivity contribution in [1.82, 2.24) is 15.3 Å². The fraction of sp³-hybridized carbons (Fsp3) is 0.714. The number of hydrogen-bond donors (Lipinski definition) is 1.